The Morgan fingerprint density at radius 1 is 1.57 bits per heavy atom. The van der Waals surface area contributed by atoms with Gasteiger partial charge < -0.3 is 10.1 Å². The summed E-state index contributed by atoms with van der Waals surface area (Å²) in [5.41, 5.74) is 0.975. The molecule has 4 heteroatoms. The van der Waals surface area contributed by atoms with E-state index in [-0.39, 0.29) is 6.42 Å². The van der Waals surface area contributed by atoms with Crippen LogP contribution in [0.5, 0.6) is 0 Å². The first-order valence-electron chi connectivity index (χ1n) is 4.64. The molecular formula is C10H14N2O2. The Morgan fingerprint density at radius 2 is 2.43 bits per heavy atom. The highest BCUT2D eigenvalue weighted by Gasteiger charge is 1.94. The number of aromatic nitrogens is 1. The van der Waals surface area contributed by atoms with E-state index in [1.54, 1.807) is 6.21 Å². The normalized spacial score (nSPS) is 10.9. The Hall–Kier alpha value is -1.58. The molecule has 1 aromatic rings. The van der Waals surface area contributed by atoms with Crippen LogP contribution in [0.1, 0.15) is 25.0 Å². The van der Waals surface area contributed by atoms with Crippen LogP contribution in [0, 0.1) is 0 Å². The molecular weight excluding hydrogens is 180 g/mol. The quantitative estimate of drug-likeness (QED) is 0.534. The molecule has 1 heterocycles. The van der Waals surface area contributed by atoms with E-state index in [0.29, 0.717) is 13.0 Å². The second kappa shape index (κ2) is 5.96. The molecule has 0 aromatic carbocycles. The van der Waals surface area contributed by atoms with Crippen molar-refractivity contribution in [2.75, 3.05) is 6.54 Å². The Bertz CT molecular complexity index is 291. The Labute approximate surface area is 82.7 Å². The first-order chi connectivity index (χ1) is 6.79. The lowest BCUT2D eigenvalue weighted by atomic mass is 10.2. The average molecular weight is 194 g/mol. The lowest BCUT2D eigenvalue weighted by molar-refractivity contribution is -0.137. The molecule has 0 unspecified atom stereocenters. The first kappa shape index (κ1) is 10.5. The molecule has 0 aliphatic carbocycles. The van der Waals surface area contributed by atoms with Crippen LogP contribution in [0.25, 0.3) is 0 Å². The van der Waals surface area contributed by atoms with E-state index in [9.17, 15) is 4.79 Å². The van der Waals surface area contributed by atoms with E-state index in [4.69, 9.17) is 5.11 Å². The number of aliphatic imine (C=N–C) groups is 1. The van der Waals surface area contributed by atoms with Gasteiger partial charge in [-0.25, -0.2) is 0 Å². The van der Waals surface area contributed by atoms with Gasteiger partial charge in [-0.3, -0.25) is 9.79 Å². The third-order valence-corrected chi connectivity index (χ3v) is 1.78. The van der Waals surface area contributed by atoms with E-state index in [1.165, 1.54) is 0 Å². The molecule has 0 saturated heterocycles. The molecule has 0 atom stereocenters. The van der Waals surface area contributed by atoms with Gasteiger partial charge in [0.2, 0.25) is 0 Å². The van der Waals surface area contributed by atoms with Crippen molar-refractivity contribution in [2.45, 2.75) is 19.3 Å². The highest BCUT2D eigenvalue weighted by Crippen LogP contribution is 1.96. The van der Waals surface area contributed by atoms with E-state index in [2.05, 4.69) is 9.98 Å². The molecule has 0 bridgehead atoms. The number of hydrogen-bond donors (Lipinski definition) is 2. The lowest BCUT2D eigenvalue weighted by Crippen LogP contribution is -1.94. The van der Waals surface area contributed by atoms with Crippen LogP contribution in [0.2, 0.25) is 0 Å². The Morgan fingerprint density at radius 3 is 3.07 bits per heavy atom. The van der Waals surface area contributed by atoms with Gasteiger partial charge in [0, 0.05) is 25.4 Å². The van der Waals surface area contributed by atoms with Crippen molar-refractivity contribution >= 4 is 12.2 Å². The highest BCUT2D eigenvalue weighted by atomic mass is 16.4. The van der Waals surface area contributed by atoms with Crippen molar-refractivity contribution in [3.8, 4) is 0 Å². The van der Waals surface area contributed by atoms with E-state index in [1.807, 2.05) is 18.3 Å². The molecule has 1 aromatic heterocycles. The fourth-order valence-electron chi connectivity index (χ4n) is 1.07. The first-order valence-corrected chi connectivity index (χ1v) is 4.64. The van der Waals surface area contributed by atoms with Crippen molar-refractivity contribution in [1.82, 2.24) is 4.98 Å². The third kappa shape index (κ3) is 4.45. The fourth-order valence-corrected chi connectivity index (χ4v) is 1.07. The minimum atomic E-state index is -0.738. The number of hydrogen-bond acceptors (Lipinski definition) is 2. The maximum Gasteiger partial charge on any atom is 0.303 e. The summed E-state index contributed by atoms with van der Waals surface area (Å²) in [7, 11) is 0. The smallest absolute Gasteiger partial charge is 0.303 e. The number of nitrogens with one attached hydrogen (secondary N) is 1. The van der Waals surface area contributed by atoms with Gasteiger partial charge in [0.1, 0.15) is 0 Å². The average Bonchev–Trinajstić information content (AvgIpc) is 2.63. The molecule has 0 saturated carbocycles. The summed E-state index contributed by atoms with van der Waals surface area (Å²) in [6, 6.07) is 3.84. The van der Waals surface area contributed by atoms with Crippen molar-refractivity contribution in [3.63, 3.8) is 0 Å². The number of rotatable bonds is 6. The van der Waals surface area contributed by atoms with Crippen LogP contribution in [0.3, 0.4) is 0 Å². The van der Waals surface area contributed by atoms with Crippen LogP contribution >= 0.6 is 0 Å². The van der Waals surface area contributed by atoms with Crippen LogP contribution in [0.15, 0.2) is 23.3 Å². The number of carbonyl (C=O) groups is 1. The summed E-state index contributed by atoms with van der Waals surface area (Å²) < 4.78 is 0. The molecule has 0 aliphatic rings. The summed E-state index contributed by atoms with van der Waals surface area (Å²) >= 11 is 0. The molecule has 76 valence electrons. The second-order valence-corrected chi connectivity index (χ2v) is 3.01. The highest BCUT2D eigenvalue weighted by molar-refractivity contribution is 5.76. The molecule has 1 rings (SSSR count). The Balaban J connectivity index is 2.07. The zero-order valence-electron chi connectivity index (χ0n) is 7.94. The van der Waals surface area contributed by atoms with Crippen LogP contribution < -0.4 is 0 Å². The van der Waals surface area contributed by atoms with Crippen molar-refractivity contribution in [3.05, 3.63) is 24.0 Å². The number of nitrogens with zero attached hydrogens (tertiary/aromatic N) is 1. The fraction of sp³-hybridized carbons (Fsp3) is 0.400. The SMILES string of the molecule is O=C(O)CCCCN=Cc1ccc[nH]1. The van der Waals surface area contributed by atoms with Gasteiger partial charge in [-0.2, -0.15) is 0 Å². The van der Waals surface area contributed by atoms with Gasteiger partial charge in [0.25, 0.3) is 0 Å². The predicted octanol–water partition coefficient (Wildman–Crippen LogP) is 1.69. The number of carboxylic acids is 1. The number of unbranched alkanes of at least 4 members (excludes halogenated alkanes) is 1. The summed E-state index contributed by atoms with van der Waals surface area (Å²) in [4.78, 5) is 17.3. The summed E-state index contributed by atoms with van der Waals surface area (Å²) in [5.74, 6) is -0.738. The zero-order chi connectivity index (χ0) is 10.2. The molecule has 0 fully saturated rings. The minimum Gasteiger partial charge on any atom is -0.481 e. The van der Waals surface area contributed by atoms with Crippen molar-refractivity contribution in [1.29, 1.82) is 0 Å². The van der Waals surface area contributed by atoms with Gasteiger partial charge in [-0.05, 0) is 25.0 Å². The number of aromatic amines is 1. The third-order valence-electron chi connectivity index (χ3n) is 1.78. The molecule has 14 heavy (non-hydrogen) atoms. The van der Waals surface area contributed by atoms with Crippen LogP contribution in [-0.4, -0.2) is 28.8 Å². The molecule has 2 N–H and O–H groups in total. The van der Waals surface area contributed by atoms with E-state index < -0.39 is 5.97 Å². The topological polar surface area (TPSA) is 65.4 Å². The van der Waals surface area contributed by atoms with Gasteiger partial charge in [0.15, 0.2) is 0 Å². The molecule has 0 aliphatic heterocycles. The van der Waals surface area contributed by atoms with Gasteiger partial charge in [-0.1, -0.05) is 0 Å². The molecule has 0 radical (unpaired) electrons. The molecule has 4 nitrogen and oxygen atoms in total. The number of H-pyrrole nitrogens is 1. The monoisotopic (exact) mass is 194 g/mol. The number of aliphatic carboxylic acids is 1. The zero-order valence-corrected chi connectivity index (χ0v) is 7.94. The summed E-state index contributed by atoms with van der Waals surface area (Å²) in [6.07, 6.45) is 5.35. The lowest BCUT2D eigenvalue weighted by Gasteiger charge is -1.92. The summed E-state index contributed by atoms with van der Waals surface area (Å²) in [6.45, 7) is 0.687. The standard InChI is InChI=1S/C10H14N2O2/c13-10(14)5-1-2-6-11-8-9-4-3-7-12-9/h3-4,7-8,12H,1-2,5-6H2,(H,13,14). The van der Waals surface area contributed by atoms with Crippen LogP contribution in [0.4, 0.5) is 0 Å². The van der Waals surface area contributed by atoms with Gasteiger partial charge in [-0.15, -0.1) is 0 Å². The maximum atomic E-state index is 10.2. The number of carboxylic acid groups (broad SMARTS) is 1. The van der Waals surface area contributed by atoms with Crippen molar-refractivity contribution in [2.24, 2.45) is 4.99 Å². The van der Waals surface area contributed by atoms with Crippen molar-refractivity contribution < 1.29 is 9.90 Å². The minimum absolute atomic E-state index is 0.234. The largest absolute Gasteiger partial charge is 0.481 e. The van der Waals surface area contributed by atoms with E-state index in [0.717, 1.165) is 12.1 Å². The Kier molecular flexibility index (Phi) is 4.47. The van der Waals surface area contributed by atoms with Crippen LogP contribution in [-0.2, 0) is 4.79 Å². The summed E-state index contributed by atoms with van der Waals surface area (Å²) in [5, 5.41) is 8.38. The van der Waals surface area contributed by atoms with E-state index >= 15 is 0 Å². The van der Waals surface area contributed by atoms with Gasteiger partial charge >= 0.3 is 5.97 Å². The predicted molar refractivity (Wildman–Crippen MR) is 54.7 cm³/mol. The second-order valence-electron chi connectivity index (χ2n) is 3.01. The molecule has 0 spiro atoms. The maximum absolute atomic E-state index is 10.2. The molecule has 0 amide bonds. The van der Waals surface area contributed by atoms with Gasteiger partial charge in [0.05, 0.1) is 5.69 Å².